The quantitative estimate of drug-likeness (QED) is 0.312. The predicted octanol–water partition coefficient (Wildman–Crippen LogP) is 1.81. The maximum absolute atomic E-state index is 12.6. The summed E-state index contributed by atoms with van der Waals surface area (Å²) in [6.45, 7) is 6.89. The molecule has 0 aromatic heterocycles. The Hall–Kier alpha value is -0.340. The van der Waals surface area contributed by atoms with Crippen molar-refractivity contribution in [2.75, 3.05) is 40.3 Å². The van der Waals surface area contributed by atoms with E-state index >= 15 is 0 Å². The molecule has 0 unspecified atom stereocenters. The number of rotatable bonds is 6. The third-order valence-corrected chi connectivity index (χ3v) is 6.24. The summed E-state index contributed by atoms with van der Waals surface area (Å²) in [6.07, 6.45) is 0.577. The van der Waals surface area contributed by atoms with Crippen molar-refractivity contribution >= 4 is 40.0 Å². The van der Waals surface area contributed by atoms with E-state index in [1.165, 1.54) is 0 Å². The lowest BCUT2D eigenvalue weighted by molar-refractivity contribution is -0.0494. The number of piperidine rings is 1. The maximum atomic E-state index is 12.6. The van der Waals surface area contributed by atoms with Gasteiger partial charge in [-0.1, -0.05) is 0 Å². The van der Waals surface area contributed by atoms with Gasteiger partial charge in [0.1, 0.15) is 0 Å². The zero-order valence-electron chi connectivity index (χ0n) is 16.4. The number of nitrogens with zero attached hydrogens (tertiary/aromatic N) is 3. The molecule has 1 fully saturated rings. The minimum atomic E-state index is -5.25. The second-order valence-electron chi connectivity index (χ2n) is 7.17. The summed E-state index contributed by atoms with van der Waals surface area (Å²) >= 11 is 0. The molecule has 0 amide bonds. The van der Waals surface area contributed by atoms with E-state index in [0.29, 0.717) is 23.4 Å². The zero-order chi connectivity index (χ0) is 20.2. The average Bonchev–Trinajstić information content (AvgIpc) is 2.52. The molecule has 0 aromatic rings. The first-order chi connectivity index (χ1) is 11.8. The van der Waals surface area contributed by atoms with E-state index in [-0.39, 0.29) is 61.5 Å². The molecule has 7 nitrogen and oxygen atoms in total. The molecule has 1 aliphatic rings. The fourth-order valence-corrected chi connectivity index (χ4v) is 3.30. The monoisotopic (exact) mass is 529 g/mol. The van der Waals surface area contributed by atoms with Crippen LogP contribution in [0.3, 0.4) is 0 Å². The second-order valence-corrected chi connectivity index (χ2v) is 9.10. The highest BCUT2D eigenvalue weighted by Gasteiger charge is 2.50. The smallest absolute Gasteiger partial charge is 0.357 e. The molecule has 2 N–H and O–H groups in total. The van der Waals surface area contributed by atoms with Gasteiger partial charge in [-0.3, -0.25) is 4.99 Å². The Morgan fingerprint density at radius 3 is 2.15 bits per heavy atom. The van der Waals surface area contributed by atoms with Crippen LogP contribution < -0.4 is 10.6 Å². The van der Waals surface area contributed by atoms with Crippen LogP contribution in [0.1, 0.15) is 33.6 Å². The van der Waals surface area contributed by atoms with Crippen LogP contribution in [-0.4, -0.2) is 80.9 Å². The molecule has 162 valence electrons. The number of hydrogen-bond acceptors (Lipinski definition) is 4. The number of guanidine groups is 1. The van der Waals surface area contributed by atoms with Gasteiger partial charge in [0.2, 0.25) is 0 Å². The van der Waals surface area contributed by atoms with Gasteiger partial charge in [-0.2, -0.15) is 17.5 Å². The fraction of sp³-hybridized carbons (Fsp3) is 0.933. The Labute approximate surface area is 177 Å². The van der Waals surface area contributed by atoms with E-state index in [2.05, 4.69) is 34.4 Å². The van der Waals surface area contributed by atoms with Gasteiger partial charge < -0.3 is 15.5 Å². The minimum Gasteiger partial charge on any atom is -0.357 e. The number of sulfonamides is 1. The van der Waals surface area contributed by atoms with Crippen molar-refractivity contribution in [2.45, 2.75) is 50.7 Å². The third-order valence-electron chi connectivity index (χ3n) is 4.61. The van der Waals surface area contributed by atoms with Gasteiger partial charge in [0.15, 0.2) is 5.96 Å². The van der Waals surface area contributed by atoms with Gasteiger partial charge in [-0.25, -0.2) is 8.42 Å². The van der Waals surface area contributed by atoms with Crippen molar-refractivity contribution in [1.82, 2.24) is 19.8 Å². The number of aliphatic imine (C=N–C) groups is 1. The molecular formula is C15H31F3IN5O2S. The van der Waals surface area contributed by atoms with Crippen molar-refractivity contribution in [1.29, 1.82) is 0 Å². The largest absolute Gasteiger partial charge is 0.511 e. The van der Waals surface area contributed by atoms with Crippen LogP contribution in [0.5, 0.6) is 0 Å². The molecule has 0 bridgehead atoms. The first-order valence-corrected chi connectivity index (χ1v) is 10.0. The van der Waals surface area contributed by atoms with Crippen LogP contribution >= 0.6 is 24.0 Å². The first-order valence-electron chi connectivity index (χ1n) is 8.60. The number of halogens is 4. The van der Waals surface area contributed by atoms with E-state index in [4.69, 9.17) is 0 Å². The lowest BCUT2D eigenvalue weighted by Gasteiger charge is -2.33. The van der Waals surface area contributed by atoms with Crippen LogP contribution in [0.15, 0.2) is 4.99 Å². The highest BCUT2D eigenvalue weighted by molar-refractivity contribution is 14.0. The Morgan fingerprint density at radius 2 is 1.74 bits per heavy atom. The highest BCUT2D eigenvalue weighted by Crippen LogP contribution is 2.28. The Bertz CT molecular complexity index is 589. The van der Waals surface area contributed by atoms with Crippen molar-refractivity contribution in [2.24, 2.45) is 4.99 Å². The number of likely N-dealkylation sites (N-methyl/N-ethyl adjacent to an activating group) is 1. The molecule has 0 aliphatic carbocycles. The Morgan fingerprint density at radius 1 is 1.22 bits per heavy atom. The Balaban J connectivity index is 0.00000676. The zero-order valence-corrected chi connectivity index (χ0v) is 19.6. The van der Waals surface area contributed by atoms with Crippen LogP contribution in [0.25, 0.3) is 0 Å². The van der Waals surface area contributed by atoms with Crippen LogP contribution in [0.2, 0.25) is 0 Å². The van der Waals surface area contributed by atoms with Crippen molar-refractivity contribution < 1.29 is 21.6 Å². The fourth-order valence-electron chi connectivity index (χ4n) is 2.31. The highest BCUT2D eigenvalue weighted by atomic mass is 127. The van der Waals surface area contributed by atoms with E-state index in [1.807, 2.05) is 21.0 Å². The minimum absolute atomic E-state index is 0. The van der Waals surface area contributed by atoms with Gasteiger partial charge in [0, 0.05) is 31.2 Å². The molecule has 0 atom stereocenters. The first kappa shape index (κ1) is 26.7. The van der Waals surface area contributed by atoms with E-state index < -0.39 is 15.5 Å². The van der Waals surface area contributed by atoms with Gasteiger partial charge in [-0.05, 0) is 47.7 Å². The summed E-state index contributed by atoms with van der Waals surface area (Å²) in [6, 6.07) is -0.130. The molecule has 27 heavy (non-hydrogen) atoms. The summed E-state index contributed by atoms with van der Waals surface area (Å²) in [5, 5.41) is 6.31. The maximum Gasteiger partial charge on any atom is 0.511 e. The summed E-state index contributed by atoms with van der Waals surface area (Å²) in [4.78, 5) is 6.60. The molecule has 1 saturated heterocycles. The molecule has 12 heteroatoms. The standard InChI is InChI=1S/C15H30F3N5O2S.HI/c1-6-19-13(20-11-14(2,3)22(4)5)21-12-7-9-23(10-8-12)26(24,25)15(16,17)18;/h12H,6-11H2,1-5H3,(H2,19,20,21);1H. The number of alkyl halides is 3. The van der Waals surface area contributed by atoms with Gasteiger partial charge in [0.05, 0.1) is 6.54 Å². The SMILES string of the molecule is CCNC(=NCC(C)(C)N(C)C)NC1CCN(S(=O)(=O)C(F)(F)F)CC1.I. The van der Waals surface area contributed by atoms with E-state index in [1.54, 1.807) is 0 Å². The summed E-state index contributed by atoms with van der Waals surface area (Å²) < 4.78 is 61.3. The number of hydrogen-bond donors (Lipinski definition) is 2. The number of nitrogens with one attached hydrogen (secondary N) is 2. The third kappa shape index (κ3) is 7.54. The van der Waals surface area contributed by atoms with Crippen molar-refractivity contribution in [3.05, 3.63) is 0 Å². The summed E-state index contributed by atoms with van der Waals surface area (Å²) in [7, 11) is -1.32. The summed E-state index contributed by atoms with van der Waals surface area (Å²) in [5.74, 6) is 0.583. The van der Waals surface area contributed by atoms with Gasteiger partial charge >= 0.3 is 15.5 Å². The normalized spacial score (nSPS) is 18.3. The molecule has 1 aliphatic heterocycles. The topological polar surface area (TPSA) is 77.0 Å². The van der Waals surface area contributed by atoms with Crippen molar-refractivity contribution in [3.63, 3.8) is 0 Å². The van der Waals surface area contributed by atoms with E-state index in [0.717, 1.165) is 0 Å². The van der Waals surface area contributed by atoms with Crippen LogP contribution in [0.4, 0.5) is 13.2 Å². The molecular weight excluding hydrogens is 498 g/mol. The predicted molar refractivity (Wildman–Crippen MR) is 112 cm³/mol. The lowest BCUT2D eigenvalue weighted by Crippen LogP contribution is -2.52. The van der Waals surface area contributed by atoms with Gasteiger partial charge in [0.25, 0.3) is 0 Å². The Kier molecular flexibility index (Phi) is 10.3. The molecule has 1 heterocycles. The van der Waals surface area contributed by atoms with Crippen LogP contribution in [-0.2, 0) is 10.0 Å². The molecule has 1 rings (SSSR count). The summed E-state index contributed by atoms with van der Waals surface area (Å²) in [5.41, 5.74) is -5.39. The molecule has 0 radical (unpaired) electrons. The van der Waals surface area contributed by atoms with E-state index in [9.17, 15) is 21.6 Å². The molecule has 0 spiro atoms. The second kappa shape index (κ2) is 10.4. The van der Waals surface area contributed by atoms with Crippen LogP contribution in [0, 0.1) is 0 Å². The molecule has 0 saturated carbocycles. The molecule has 0 aromatic carbocycles. The van der Waals surface area contributed by atoms with Crippen molar-refractivity contribution in [3.8, 4) is 0 Å². The lowest BCUT2D eigenvalue weighted by atomic mass is 10.1. The van der Waals surface area contributed by atoms with Gasteiger partial charge in [-0.15, -0.1) is 24.0 Å². The average molecular weight is 529 g/mol.